The van der Waals surface area contributed by atoms with Crippen LogP contribution in [-0.4, -0.2) is 29.7 Å². The van der Waals surface area contributed by atoms with Crippen molar-refractivity contribution in [3.8, 4) is 11.3 Å². The molecule has 0 spiro atoms. The van der Waals surface area contributed by atoms with Gasteiger partial charge in [0.05, 0.1) is 12.3 Å². The number of anilines is 2. The Morgan fingerprint density at radius 1 is 1.23 bits per heavy atom. The van der Waals surface area contributed by atoms with E-state index in [1.807, 2.05) is 47.0 Å². The van der Waals surface area contributed by atoms with Gasteiger partial charge in [-0.15, -0.1) is 0 Å². The highest BCUT2D eigenvalue weighted by Crippen LogP contribution is 2.39. The molecule has 26 heavy (non-hydrogen) atoms. The first-order valence-corrected chi connectivity index (χ1v) is 8.67. The second-order valence-corrected chi connectivity index (χ2v) is 6.59. The molecule has 1 fully saturated rings. The Morgan fingerprint density at radius 3 is 3.00 bits per heavy atom. The average molecular weight is 346 g/mol. The summed E-state index contributed by atoms with van der Waals surface area (Å²) < 4.78 is 1.89. The van der Waals surface area contributed by atoms with Crippen molar-refractivity contribution in [2.75, 3.05) is 5.32 Å². The van der Waals surface area contributed by atoms with E-state index in [1.165, 1.54) is 18.5 Å². The smallest absolute Gasteiger partial charge is 0.214 e. The van der Waals surface area contributed by atoms with Crippen molar-refractivity contribution in [1.29, 1.82) is 0 Å². The SMILES string of the molecule is OCc1cccc(-c2cc3nccn3c(Nc3cc(C4CC4)[nH]n3)n2)c1. The van der Waals surface area contributed by atoms with Gasteiger partial charge in [-0.25, -0.2) is 9.97 Å². The molecule has 0 radical (unpaired) electrons. The predicted molar refractivity (Wildman–Crippen MR) is 98.2 cm³/mol. The van der Waals surface area contributed by atoms with Crippen LogP contribution in [0.5, 0.6) is 0 Å². The van der Waals surface area contributed by atoms with Gasteiger partial charge in [-0.3, -0.25) is 9.50 Å². The molecule has 7 heteroatoms. The zero-order chi connectivity index (χ0) is 17.5. The minimum atomic E-state index is 0.00177. The van der Waals surface area contributed by atoms with E-state index in [2.05, 4.69) is 20.5 Å². The molecule has 0 aliphatic heterocycles. The van der Waals surface area contributed by atoms with Crippen LogP contribution >= 0.6 is 0 Å². The third kappa shape index (κ3) is 2.72. The van der Waals surface area contributed by atoms with Crippen LogP contribution in [0.4, 0.5) is 11.8 Å². The largest absolute Gasteiger partial charge is 0.392 e. The number of hydrogen-bond donors (Lipinski definition) is 3. The molecule has 7 nitrogen and oxygen atoms in total. The first-order valence-electron chi connectivity index (χ1n) is 8.67. The second-order valence-electron chi connectivity index (χ2n) is 6.59. The van der Waals surface area contributed by atoms with E-state index in [0.29, 0.717) is 11.9 Å². The number of benzene rings is 1. The number of aliphatic hydroxyl groups is 1. The van der Waals surface area contributed by atoms with Gasteiger partial charge >= 0.3 is 0 Å². The van der Waals surface area contributed by atoms with E-state index in [4.69, 9.17) is 4.98 Å². The zero-order valence-corrected chi connectivity index (χ0v) is 14.1. The highest BCUT2D eigenvalue weighted by atomic mass is 16.3. The summed E-state index contributed by atoms with van der Waals surface area (Å²) in [7, 11) is 0. The maximum absolute atomic E-state index is 9.39. The number of hydrogen-bond acceptors (Lipinski definition) is 5. The summed E-state index contributed by atoms with van der Waals surface area (Å²) in [6, 6.07) is 11.7. The summed E-state index contributed by atoms with van der Waals surface area (Å²) in [5, 5.41) is 20.1. The third-order valence-electron chi connectivity index (χ3n) is 4.65. The summed E-state index contributed by atoms with van der Waals surface area (Å²) in [6.07, 6.45) is 6.06. The summed E-state index contributed by atoms with van der Waals surface area (Å²) in [4.78, 5) is 9.16. The lowest BCUT2D eigenvalue weighted by molar-refractivity contribution is 0.282. The quantitative estimate of drug-likeness (QED) is 0.516. The van der Waals surface area contributed by atoms with Gasteiger partial charge < -0.3 is 10.4 Å². The van der Waals surface area contributed by atoms with Crippen molar-refractivity contribution in [3.63, 3.8) is 0 Å². The topological polar surface area (TPSA) is 91.1 Å². The van der Waals surface area contributed by atoms with Crippen molar-refractivity contribution in [2.24, 2.45) is 0 Å². The van der Waals surface area contributed by atoms with Gasteiger partial charge in [0, 0.05) is 41.7 Å². The molecule has 130 valence electrons. The molecule has 0 bridgehead atoms. The fraction of sp³-hybridized carbons (Fsp3) is 0.211. The van der Waals surface area contributed by atoms with Gasteiger partial charge in [-0.2, -0.15) is 5.10 Å². The number of aliphatic hydroxyl groups excluding tert-OH is 1. The van der Waals surface area contributed by atoms with E-state index in [-0.39, 0.29) is 6.61 Å². The van der Waals surface area contributed by atoms with Crippen LogP contribution < -0.4 is 5.32 Å². The summed E-state index contributed by atoms with van der Waals surface area (Å²) in [5.74, 6) is 2.01. The van der Waals surface area contributed by atoms with Crippen molar-refractivity contribution in [1.82, 2.24) is 24.6 Å². The lowest BCUT2D eigenvalue weighted by Gasteiger charge is -2.09. The maximum Gasteiger partial charge on any atom is 0.214 e. The van der Waals surface area contributed by atoms with Crippen LogP contribution in [-0.2, 0) is 6.61 Å². The van der Waals surface area contributed by atoms with Gasteiger partial charge in [-0.05, 0) is 24.5 Å². The lowest BCUT2D eigenvalue weighted by atomic mass is 10.1. The number of aromatic amines is 1. The number of rotatable bonds is 5. The van der Waals surface area contributed by atoms with Crippen molar-refractivity contribution >= 4 is 17.4 Å². The number of nitrogens with zero attached hydrogens (tertiary/aromatic N) is 4. The van der Waals surface area contributed by atoms with Crippen molar-refractivity contribution < 1.29 is 5.11 Å². The fourth-order valence-electron chi connectivity index (χ4n) is 3.11. The van der Waals surface area contributed by atoms with Crippen molar-refractivity contribution in [2.45, 2.75) is 25.4 Å². The molecule has 0 atom stereocenters. The van der Waals surface area contributed by atoms with Crippen LogP contribution in [0.3, 0.4) is 0 Å². The van der Waals surface area contributed by atoms with Gasteiger partial charge in [-0.1, -0.05) is 18.2 Å². The summed E-state index contributed by atoms with van der Waals surface area (Å²) in [6.45, 7) is 0.00177. The van der Waals surface area contributed by atoms with Gasteiger partial charge in [0.15, 0.2) is 5.82 Å². The zero-order valence-electron chi connectivity index (χ0n) is 14.1. The molecule has 0 saturated heterocycles. The number of fused-ring (bicyclic) bond motifs is 1. The Labute approximate surface area is 149 Å². The molecule has 4 aromatic rings. The number of nitrogens with one attached hydrogen (secondary N) is 2. The molecule has 3 heterocycles. The molecule has 1 aromatic carbocycles. The van der Waals surface area contributed by atoms with Gasteiger partial charge in [0.2, 0.25) is 5.95 Å². The Bertz CT molecular complexity index is 1080. The molecule has 1 aliphatic carbocycles. The minimum Gasteiger partial charge on any atom is -0.392 e. The Kier molecular flexibility index (Phi) is 3.46. The van der Waals surface area contributed by atoms with Crippen LogP contribution in [0, 0.1) is 0 Å². The fourth-order valence-corrected chi connectivity index (χ4v) is 3.11. The van der Waals surface area contributed by atoms with Crippen LogP contribution in [0.1, 0.15) is 30.0 Å². The molecular formula is C19H18N6O. The number of H-pyrrole nitrogens is 1. The highest BCUT2D eigenvalue weighted by Gasteiger charge is 2.25. The highest BCUT2D eigenvalue weighted by molar-refractivity contribution is 5.68. The van der Waals surface area contributed by atoms with Gasteiger partial charge in [0.1, 0.15) is 5.65 Å². The van der Waals surface area contributed by atoms with Crippen molar-refractivity contribution in [3.05, 3.63) is 60.0 Å². The first-order chi connectivity index (χ1) is 12.8. The molecule has 1 saturated carbocycles. The monoisotopic (exact) mass is 346 g/mol. The number of aromatic nitrogens is 5. The van der Waals surface area contributed by atoms with E-state index in [0.717, 1.165) is 28.3 Å². The van der Waals surface area contributed by atoms with Gasteiger partial charge in [0.25, 0.3) is 0 Å². The normalized spacial score (nSPS) is 14.0. The standard InChI is InChI=1S/C19H18N6O/c26-11-12-2-1-3-14(8-12)15-10-18-20-6-7-25(18)19(21-15)22-17-9-16(23-24-17)13-4-5-13/h1-3,6-10,13,26H,4-5,11H2,(H2,21,22,23,24). The van der Waals surface area contributed by atoms with E-state index < -0.39 is 0 Å². The van der Waals surface area contributed by atoms with Crippen LogP contribution in [0.15, 0.2) is 48.8 Å². The Balaban J connectivity index is 1.55. The summed E-state index contributed by atoms with van der Waals surface area (Å²) >= 11 is 0. The maximum atomic E-state index is 9.39. The predicted octanol–water partition coefficient (Wildman–Crippen LogP) is 3.23. The Hall–Kier alpha value is -3.19. The van der Waals surface area contributed by atoms with E-state index in [1.54, 1.807) is 6.20 Å². The molecule has 5 rings (SSSR count). The minimum absolute atomic E-state index is 0.00177. The van der Waals surface area contributed by atoms with Crippen LogP contribution in [0.2, 0.25) is 0 Å². The first kappa shape index (κ1) is 15.1. The molecule has 3 N–H and O–H groups in total. The van der Waals surface area contributed by atoms with E-state index >= 15 is 0 Å². The Morgan fingerprint density at radius 2 is 2.15 bits per heavy atom. The molecular weight excluding hydrogens is 328 g/mol. The second kappa shape index (κ2) is 5.96. The lowest BCUT2D eigenvalue weighted by Crippen LogP contribution is -2.03. The molecule has 3 aromatic heterocycles. The van der Waals surface area contributed by atoms with Crippen LogP contribution in [0.25, 0.3) is 16.9 Å². The molecule has 1 aliphatic rings. The van der Waals surface area contributed by atoms with E-state index in [9.17, 15) is 5.11 Å². The summed E-state index contributed by atoms with van der Waals surface area (Å²) in [5.41, 5.74) is 4.54. The molecule has 0 unspecified atom stereocenters. The molecule has 0 amide bonds. The third-order valence-corrected chi connectivity index (χ3v) is 4.65. The average Bonchev–Trinajstić information content (AvgIpc) is 3.23. The number of imidazole rings is 1.